The molecular formula is C21H35N3O4S. The fraction of sp³-hybridized carbons (Fsp3) is 0.667. The Kier molecular flexibility index (Phi) is 9.23. The predicted octanol–water partition coefficient (Wildman–Crippen LogP) is 2.48. The molecule has 0 unspecified atom stereocenters. The zero-order valence-electron chi connectivity index (χ0n) is 17.9. The lowest BCUT2D eigenvalue weighted by atomic mass is 9.97. The Morgan fingerprint density at radius 3 is 2.17 bits per heavy atom. The van der Waals surface area contributed by atoms with Gasteiger partial charge in [0.15, 0.2) is 0 Å². The average molecular weight is 426 g/mol. The fourth-order valence-electron chi connectivity index (χ4n) is 3.70. The van der Waals surface area contributed by atoms with Crippen LogP contribution in [0.25, 0.3) is 0 Å². The Labute approximate surface area is 175 Å². The second kappa shape index (κ2) is 11.4. The highest BCUT2D eigenvalue weighted by molar-refractivity contribution is 7.89. The van der Waals surface area contributed by atoms with Gasteiger partial charge in [0.2, 0.25) is 15.9 Å². The predicted molar refractivity (Wildman–Crippen MR) is 117 cm³/mol. The smallest absolute Gasteiger partial charge is 0.223 e. The van der Waals surface area contributed by atoms with Crippen molar-refractivity contribution in [2.75, 3.05) is 50.5 Å². The number of hydrogen-bond acceptors (Lipinski definition) is 5. The number of benzene rings is 1. The van der Waals surface area contributed by atoms with Gasteiger partial charge in [0, 0.05) is 44.3 Å². The molecule has 0 saturated carbocycles. The van der Waals surface area contributed by atoms with E-state index in [2.05, 4.69) is 24.1 Å². The number of nitrogens with one attached hydrogen (secondary N) is 1. The standard InChI is InChI=1S/C21H35N3O4S/c1-4-6-18(7-5-2)21(25)22-12-17-29(26,27)24-15-13-23(14-16-24)19-8-10-20(28-3)11-9-19/h8-11,18H,4-7,12-17H2,1-3H3,(H,22,25). The van der Waals surface area contributed by atoms with Gasteiger partial charge in [-0.15, -0.1) is 0 Å². The molecule has 0 radical (unpaired) electrons. The van der Waals surface area contributed by atoms with E-state index in [0.717, 1.165) is 37.1 Å². The normalized spacial score (nSPS) is 15.5. The number of carbonyl (C=O) groups excluding carboxylic acids is 1. The monoisotopic (exact) mass is 425 g/mol. The highest BCUT2D eigenvalue weighted by atomic mass is 32.2. The molecule has 0 aliphatic carbocycles. The summed E-state index contributed by atoms with van der Waals surface area (Å²) in [6.45, 7) is 6.49. The first kappa shape index (κ1) is 23.5. The first-order valence-electron chi connectivity index (χ1n) is 10.6. The van der Waals surface area contributed by atoms with Crippen LogP contribution in [-0.2, 0) is 14.8 Å². The zero-order valence-corrected chi connectivity index (χ0v) is 18.7. The van der Waals surface area contributed by atoms with Gasteiger partial charge >= 0.3 is 0 Å². The molecule has 1 aliphatic heterocycles. The van der Waals surface area contributed by atoms with E-state index in [1.807, 2.05) is 24.3 Å². The molecule has 1 aliphatic rings. The summed E-state index contributed by atoms with van der Waals surface area (Å²) in [6.07, 6.45) is 3.60. The summed E-state index contributed by atoms with van der Waals surface area (Å²) in [7, 11) is -1.74. The maximum atomic E-state index is 12.7. The SMILES string of the molecule is CCCC(CCC)C(=O)NCCS(=O)(=O)N1CCN(c2ccc(OC)cc2)CC1. The lowest BCUT2D eigenvalue weighted by Gasteiger charge is -2.35. The van der Waals surface area contributed by atoms with Crippen LogP contribution in [0.3, 0.4) is 0 Å². The maximum absolute atomic E-state index is 12.7. The molecule has 1 fully saturated rings. The summed E-state index contributed by atoms with van der Waals surface area (Å²) in [4.78, 5) is 14.5. The lowest BCUT2D eigenvalue weighted by molar-refractivity contribution is -0.125. The summed E-state index contributed by atoms with van der Waals surface area (Å²) in [5.74, 6) is 0.720. The van der Waals surface area contributed by atoms with Crippen LogP contribution in [0.4, 0.5) is 5.69 Å². The van der Waals surface area contributed by atoms with Gasteiger partial charge < -0.3 is 15.0 Å². The van der Waals surface area contributed by atoms with Crippen molar-refractivity contribution >= 4 is 21.6 Å². The van der Waals surface area contributed by atoms with Crippen LogP contribution < -0.4 is 15.0 Å². The average Bonchev–Trinajstić information content (AvgIpc) is 2.73. The Balaban J connectivity index is 1.80. The molecule has 0 spiro atoms. The topological polar surface area (TPSA) is 79.0 Å². The third kappa shape index (κ3) is 6.89. The molecule has 7 nitrogen and oxygen atoms in total. The Morgan fingerprint density at radius 2 is 1.66 bits per heavy atom. The maximum Gasteiger partial charge on any atom is 0.223 e. The molecule has 1 amide bonds. The van der Waals surface area contributed by atoms with Gasteiger partial charge in [-0.3, -0.25) is 4.79 Å². The number of sulfonamides is 1. The van der Waals surface area contributed by atoms with Crippen molar-refractivity contribution in [3.8, 4) is 5.75 Å². The molecule has 164 valence electrons. The summed E-state index contributed by atoms with van der Waals surface area (Å²) >= 11 is 0. The van der Waals surface area contributed by atoms with E-state index >= 15 is 0 Å². The first-order valence-corrected chi connectivity index (χ1v) is 12.2. The number of anilines is 1. The number of methoxy groups -OCH3 is 1. The van der Waals surface area contributed by atoms with Crippen LogP contribution in [0, 0.1) is 5.92 Å². The minimum atomic E-state index is -3.37. The number of rotatable bonds is 11. The van der Waals surface area contributed by atoms with Gasteiger partial charge in [-0.05, 0) is 37.1 Å². The van der Waals surface area contributed by atoms with Crippen molar-refractivity contribution in [2.45, 2.75) is 39.5 Å². The highest BCUT2D eigenvalue weighted by Crippen LogP contribution is 2.21. The molecule has 2 rings (SSSR count). The molecule has 1 aromatic rings. The Morgan fingerprint density at radius 1 is 1.07 bits per heavy atom. The van der Waals surface area contributed by atoms with Crippen molar-refractivity contribution in [3.05, 3.63) is 24.3 Å². The minimum Gasteiger partial charge on any atom is -0.497 e. The van der Waals surface area contributed by atoms with Crippen molar-refractivity contribution in [3.63, 3.8) is 0 Å². The fourth-order valence-corrected chi connectivity index (χ4v) is 5.04. The molecule has 29 heavy (non-hydrogen) atoms. The lowest BCUT2D eigenvalue weighted by Crippen LogP contribution is -2.50. The number of nitrogens with zero attached hydrogens (tertiary/aromatic N) is 2. The van der Waals surface area contributed by atoms with E-state index in [4.69, 9.17) is 4.74 Å². The van der Waals surface area contributed by atoms with E-state index in [-0.39, 0.29) is 24.1 Å². The second-order valence-electron chi connectivity index (χ2n) is 7.47. The highest BCUT2D eigenvalue weighted by Gasteiger charge is 2.27. The number of hydrogen-bond donors (Lipinski definition) is 1. The van der Waals surface area contributed by atoms with Gasteiger partial charge in [0.25, 0.3) is 0 Å². The molecular weight excluding hydrogens is 390 g/mol. The number of ether oxygens (including phenoxy) is 1. The Bertz CT molecular complexity index is 723. The van der Waals surface area contributed by atoms with Crippen LogP contribution in [-0.4, -0.2) is 64.2 Å². The van der Waals surface area contributed by atoms with E-state index < -0.39 is 10.0 Å². The third-order valence-electron chi connectivity index (χ3n) is 5.37. The van der Waals surface area contributed by atoms with Crippen LogP contribution in [0.5, 0.6) is 5.75 Å². The van der Waals surface area contributed by atoms with Crippen molar-refractivity contribution in [2.24, 2.45) is 5.92 Å². The molecule has 0 aromatic heterocycles. The van der Waals surface area contributed by atoms with E-state index in [0.29, 0.717) is 26.2 Å². The van der Waals surface area contributed by atoms with E-state index in [1.54, 1.807) is 7.11 Å². The van der Waals surface area contributed by atoms with Crippen molar-refractivity contribution in [1.29, 1.82) is 0 Å². The van der Waals surface area contributed by atoms with Crippen LogP contribution >= 0.6 is 0 Å². The summed E-state index contributed by atoms with van der Waals surface area (Å²) in [5.41, 5.74) is 1.06. The van der Waals surface area contributed by atoms with Crippen molar-refractivity contribution in [1.82, 2.24) is 9.62 Å². The Hall–Kier alpha value is -1.80. The number of piperazine rings is 1. The second-order valence-corrected chi connectivity index (χ2v) is 9.55. The van der Waals surface area contributed by atoms with Gasteiger partial charge in [0.1, 0.15) is 5.75 Å². The molecule has 1 heterocycles. The van der Waals surface area contributed by atoms with Crippen LogP contribution in [0.1, 0.15) is 39.5 Å². The number of amides is 1. The van der Waals surface area contributed by atoms with E-state index in [1.165, 1.54) is 4.31 Å². The minimum absolute atomic E-state index is 0.0132. The van der Waals surface area contributed by atoms with Crippen LogP contribution in [0.2, 0.25) is 0 Å². The molecule has 1 N–H and O–H groups in total. The van der Waals surface area contributed by atoms with Gasteiger partial charge in [-0.2, -0.15) is 4.31 Å². The molecule has 0 bridgehead atoms. The zero-order chi connectivity index (χ0) is 21.3. The molecule has 1 saturated heterocycles. The van der Waals surface area contributed by atoms with Gasteiger partial charge in [-0.25, -0.2) is 8.42 Å². The molecule has 8 heteroatoms. The van der Waals surface area contributed by atoms with Crippen LogP contribution in [0.15, 0.2) is 24.3 Å². The van der Waals surface area contributed by atoms with Gasteiger partial charge in [0.05, 0.1) is 12.9 Å². The summed E-state index contributed by atoms with van der Waals surface area (Å²) in [5, 5.41) is 2.83. The third-order valence-corrected chi connectivity index (χ3v) is 7.25. The largest absolute Gasteiger partial charge is 0.497 e. The van der Waals surface area contributed by atoms with E-state index in [9.17, 15) is 13.2 Å². The molecule has 1 aromatic carbocycles. The molecule has 0 atom stereocenters. The summed E-state index contributed by atoms with van der Waals surface area (Å²) < 4.78 is 32.0. The summed E-state index contributed by atoms with van der Waals surface area (Å²) in [6, 6.07) is 7.79. The number of carbonyl (C=O) groups is 1. The quantitative estimate of drug-likeness (QED) is 0.589. The van der Waals surface area contributed by atoms with Gasteiger partial charge in [-0.1, -0.05) is 26.7 Å². The first-order chi connectivity index (χ1) is 13.9. The van der Waals surface area contributed by atoms with Crippen molar-refractivity contribution < 1.29 is 17.9 Å².